The first-order valence-corrected chi connectivity index (χ1v) is 5.72. The average molecular weight is 230 g/mol. The highest BCUT2D eigenvalue weighted by Crippen LogP contribution is 2.13. The molecule has 1 amide bonds. The number of carbonyl (C=O) groups is 1. The number of ether oxygens (including phenoxy) is 2. The summed E-state index contributed by atoms with van der Waals surface area (Å²) in [4.78, 5) is 11.5. The second-order valence-electron chi connectivity index (χ2n) is 5.11. The molecule has 16 heavy (non-hydrogen) atoms. The molecule has 5 heteroatoms. The van der Waals surface area contributed by atoms with E-state index in [0.29, 0.717) is 13.2 Å². The van der Waals surface area contributed by atoms with E-state index in [1.54, 1.807) is 0 Å². The van der Waals surface area contributed by atoms with Crippen molar-refractivity contribution >= 4 is 6.09 Å². The lowest BCUT2D eigenvalue weighted by Crippen LogP contribution is -2.46. The van der Waals surface area contributed by atoms with Crippen molar-refractivity contribution in [1.82, 2.24) is 5.32 Å². The molecule has 2 atom stereocenters. The van der Waals surface area contributed by atoms with Crippen LogP contribution in [0.4, 0.5) is 4.79 Å². The lowest BCUT2D eigenvalue weighted by Gasteiger charge is -2.29. The Labute approximate surface area is 96.7 Å². The first kappa shape index (κ1) is 13.3. The third kappa shape index (κ3) is 4.81. The number of nitrogens with one attached hydrogen (secondary N) is 1. The first-order valence-electron chi connectivity index (χ1n) is 5.72. The highest BCUT2D eigenvalue weighted by molar-refractivity contribution is 5.68. The van der Waals surface area contributed by atoms with E-state index in [1.807, 2.05) is 20.8 Å². The Kier molecular flexibility index (Phi) is 4.56. The molecule has 94 valence electrons. The fourth-order valence-corrected chi connectivity index (χ4v) is 1.58. The molecule has 0 aromatic heterocycles. The Morgan fingerprint density at radius 1 is 1.50 bits per heavy atom. The predicted octanol–water partition coefficient (Wildman–Crippen LogP) is 1.02. The van der Waals surface area contributed by atoms with Crippen LogP contribution in [0.25, 0.3) is 0 Å². The van der Waals surface area contributed by atoms with Crippen molar-refractivity contribution in [1.29, 1.82) is 0 Å². The van der Waals surface area contributed by atoms with Crippen LogP contribution in [0.15, 0.2) is 0 Å². The monoisotopic (exact) mass is 230 g/mol. The maximum absolute atomic E-state index is 11.5. The van der Waals surface area contributed by atoms with Gasteiger partial charge in [-0.25, -0.2) is 4.79 Å². The van der Waals surface area contributed by atoms with Gasteiger partial charge in [-0.15, -0.1) is 0 Å². The highest BCUT2D eigenvalue weighted by atomic mass is 16.6. The van der Waals surface area contributed by atoms with Gasteiger partial charge in [0.05, 0.1) is 18.8 Å². The lowest BCUT2D eigenvalue weighted by molar-refractivity contribution is -0.00322. The zero-order valence-electron chi connectivity index (χ0n) is 10.3. The molecular weight excluding hydrogens is 208 g/mol. The standard InChI is InChI=1S/C11H22N2O3/c1-11(2,3)16-10(14)13-8-4-5-9(6-12)15-7-8/h8-9H,4-7,12H2,1-3H3,(H,13,14)/t8-,9+/m1/s1. The highest BCUT2D eigenvalue weighted by Gasteiger charge is 2.24. The number of amides is 1. The molecule has 1 aliphatic heterocycles. The Bertz CT molecular complexity index is 230. The third-order valence-corrected chi connectivity index (χ3v) is 2.35. The molecule has 0 unspecified atom stereocenters. The lowest BCUT2D eigenvalue weighted by atomic mass is 10.1. The van der Waals surface area contributed by atoms with Gasteiger partial charge in [-0.1, -0.05) is 0 Å². The van der Waals surface area contributed by atoms with E-state index < -0.39 is 5.60 Å². The van der Waals surface area contributed by atoms with E-state index in [9.17, 15) is 4.79 Å². The smallest absolute Gasteiger partial charge is 0.407 e. The summed E-state index contributed by atoms with van der Waals surface area (Å²) < 4.78 is 10.6. The minimum atomic E-state index is -0.459. The Morgan fingerprint density at radius 3 is 2.62 bits per heavy atom. The Balaban J connectivity index is 2.26. The summed E-state index contributed by atoms with van der Waals surface area (Å²) in [5.41, 5.74) is 5.04. The topological polar surface area (TPSA) is 73.6 Å². The van der Waals surface area contributed by atoms with Crippen LogP contribution in [0.5, 0.6) is 0 Å². The van der Waals surface area contributed by atoms with Crippen LogP contribution in [0.1, 0.15) is 33.6 Å². The second-order valence-corrected chi connectivity index (χ2v) is 5.11. The van der Waals surface area contributed by atoms with Crippen LogP contribution in [0, 0.1) is 0 Å². The zero-order chi connectivity index (χ0) is 12.2. The van der Waals surface area contributed by atoms with Gasteiger partial charge in [0, 0.05) is 6.54 Å². The fourth-order valence-electron chi connectivity index (χ4n) is 1.58. The molecule has 1 rings (SSSR count). The average Bonchev–Trinajstić information content (AvgIpc) is 2.16. The van der Waals surface area contributed by atoms with E-state index in [0.717, 1.165) is 12.8 Å². The van der Waals surface area contributed by atoms with Crippen molar-refractivity contribution in [2.45, 2.75) is 51.4 Å². The van der Waals surface area contributed by atoms with Crippen molar-refractivity contribution in [3.8, 4) is 0 Å². The molecule has 0 radical (unpaired) electrons. The van der Waals surface area contributed by atoms with Crippen molar-refractivity contribution in [2.75, 3.05) is 13.2 Å². The molecule has 0 aromatic carbocycles. The normalized spacial score (nSPS) is 26.2. The number of alkyl carbamates (subject to hydrolysis) is 1. The van der Waals surface area contributed by atoms with Gasteiger partial charge in [-0.3, -0.25) is 0 Å². The Hall–Kier alpha value is -0.810. The van der Waals surface area contributed by atoms with Crippen molar-refractivity contribution in [2.24, 2.45) is 5.73 Å². The molecule has 1 aliphatic rings. The van der Waals surface area contributed by atoms with Gasteiger partial charge < -0.3 is 20.5 Å². The number of hydrogen-bond donors (Lipinski definition) is 2. The van der Waals surface area contributed by atoms with E-state index in [1.165, 1.54) is 0 Å². The van der Waals surface area contributed by atoms with E-state index in [-0.39, 0.29) is 18.2 Å². The van der Waals surface area contributed by atoms with Crippen LogP contribution in [0.2, 0.25) is 0 Å². The number of carbonyl (C=O) groups excluding carboxylic acids is 1. The summed E-state index contributed by atoms with van der Waals surface area (Å²) in [5.74, 6) is 0. The van der Waals surface area contributed by atoms with Crippen LogP contribution in [-0.4, -0.2) is 37.0 Å². The summed E-state index contributed by atoms with van der Waals surface area (Å²) in [7, 11) is 0. The largest absolute Gasteiger partial charge is 0.444 e. The summed E-state index contributed by atoms with van der Waals surface area (Å²) in [5, 5.41) is 2.79. The van der Waals surface area contributed by atoms with E-state index in [2.05, 4.69) is 5.32 Å². The molecule has 1 saturated heterocycles. The number of rotatable bonds is 2. The first-order chi connectivity index (χ1) is 7.40. The fraction of sp³-hybridized carbons (Fsp3) is 0.909. The third-order valence-electron chi connectivity index (χ3n) is 2.35. The van der Waals surface area contributed by atoms with Crippen molar-refractivity contribution < 1.29 is 14.3 Å². The molecule has 1 heterocycles. The number of hydrogen-bond acceptors (Lipinski definition) is 4. The summed E-state index contributed by atoms with van der Waals surface area (Å²) in [6.07, 6.45) is 1.53. The van der Waals surface area contributed by atoms with Crippen molar-refractivity contribution in [3.05, 3.63) is 0 Å². The van der Waals surface area contributed by atoms with E-state index in [4.69, 9.17) is 15.2 Å². The van der Waals surface area contributed by atoms with Gasteiger partial charge in [0.15, 0.2) is 0 Å². The van der Waals surface area contributed by atoms with Gasteiger partial charge in [0.25, 0.3) is 0 Å². The molecule has 0 saturated carbocycles. The molecule has 0 spiro atoms. The second kappa shape index (κ2) is 5.50. The molecule has 1 fully saturated rings. The molecule has 0 aliphatic carbocycles. The quantitative estimate of drug-likeness (QED) is 0.742. The van der Waals surface area contributed by atoms with Gasteiger partial charge in [-0.2, -0.15) is 0 Å². The molecule has 0 bridgehead atoms. The van der Waals surface area contributed by atoms with Gasteiger partial charge in [-0.05, 0) is 33.6 Å². The Morgan fingerprint density at radius 2 is 2.19 bits per heavy atom. The summed E-state index contributed by atoms with van der Waals surface area (Å²) in [6, 6.07) is 0.0395. The SMILES string of the molecule is CC(C)(C)OC(=O)N[C@@H]1CC[C@@H](CN)OC1. The maximum atomic E-state index is 11.5. The molecule has 3 N–H and O–H groups in total. The molecule has 5 nitrogen and oxygen atoms in total. The minimum absolute atomic E-state index is 0.0395. The molecular formula is C11H22N2O3. The predicted molar refractivity (Wildman–Crippen MR) is 61.2 cm³/mol. The summed E-state index contributed by atoms with van der Waals surface area (Å²) >= 11 is 0. The van der Waals surface area contributed by atoms with Crippen molar-refractivity contribution in [3.63, 3.8) is 0 Å². The van der Waals surface area contributed by atoms with Crippen LogP contribution >= 0.6 is 0 Å². The number of nitrogens with two attached hydrogens (primary N) is 1. The van der Waals surface area contributed by atoms with Gasteiger partial charge in [0.1, 0.15) is 5.60 Å². The van der Waals surface area contributed by atoms with Gasteiger partial charge in [0.2, 0.25) is 0 Å². The van der Waals surface area contributed by atoms with E-state index >= 15 is 0 Å². The zero-order valence-corrected chi connectivity index (χ0v) is 10.3. The van der Waals surface area contributed by atoms with Gasteiger partial charge >= 0.3 is 6.09 Å². The van der Waals surface area contributed by atoms with Crippen LogP contribution in [-0.2, 0) is 9.47 Å². The maximum Gasteiger partial charge on any atom is 0.407 e. The van der Waals surface area contributed by atoms with Crippen LogP contribution in [0.3, 0.4) is 0 Å². The van der Waals surface area contributed by atoms with Crippen LogP contribution < -0.4 is 11.1 Å². The minimum Gasteiger partial charge on any atom is -0.444 e. The summed E-state index contributed by atoms with van der Waals surface area (Å²) in [6.45, 7) is 6.58. The molecule has 0 aromatic rings.